The van der Waals surface area contributed by atoms with Crippen molar-refractivity contribution in [1.29, 1.82) is 0 Å². The summed E-state index contributed by atoms with van der Waals surface area (Å²) in [6.07, 6.45) is 1.25. The smallest absolute Gasteiger partial charge is 0.118 e. The van der Waals surface area contributed by atoms with Gasteiger partial charge >= 0.3 is 0 Å². The maximum Gasteiger partial charge on any atom is 0.118 e. The Bertz CT molecular complexity index is 441. The van der Waals surface area contributed by atoms with Crippen LogP contribution in [0.4, 0.5) is 0 Å². The highest BCUT2D eigenvalue weighted by Gasteiger charge is 2.21. The lowest BCUT2D eigenvalue weighted by molar-refractivity contribution is 0.193. The number of furan rings is 1. The Morgan fingerprint density at radius 3 is 2.86 bits per heavy atom. The van der Waals surface area contributed by atoms with Gasteiger partial charge in [0.15, 0.2) is 0 Å². The second-order valence-corrected chi connectivity index (χ2v) is 6.77. The Labute approximate surface area is 129 Å². The molecule has 1 aromatic rings. The SMILES string of the molecule is Cc1oc(CNC(C)C)cc1CN1CCCN(C)CC1C. The third kappa shape index (κ3) is 4.83. The van der Waals surface area contributed by atoms with E-state index in [1.54, 1.807) is 0 Å². The van der Waals surface area contributed by atoms with Crippen molar-refractivity contribution in [3.8, 4) is 0 Å². The Hall–Kier alpha value is -0.840. The largest absolute Gasteiger partial charge is 0.465 e. The van der Waals surface area contributed by atoms with Gasteiger partial charge in [-0.15, -0.1) is 0 Å². The molecule has 4 heteroatoms. The molecule has 1 fully saturated rings. The second-order valence-electron chi connectivity index (χ2n) is 6.77. The zero-order valence-corrected chi connectivity index (χ0v) is 14.3. The fraction of sp³-hybridized carbons (Fsp3) is 0.765. The van der Waals surface area contributed by atoms with Crippen molar-refractivity contribution in [3.63, 3.8) is 0 Å². The molecule has 0 amide bonds. The number of hydrogen-bond donors (Lipinski definition) is 1. The summed E-state index contributed by atoms with van der Waals surface area (Å²) >= 11 is 0. The van der Waals surface area contributed by atoms with Gasteiger partial charge in [0.1, 0.15) is 11.5 Å². The lowest BCUT2D eigenvalue weighted by Gasteiger charge is -2.27. The van der Waals surface area contributed by atoms with Crippen molar-refractivity contribution in [1.82, 2.24) is 15.1 Å². The average Bonchev–Trinajstić information content (AvgIpc) is 2.66. The van der Waals surface area contributed by atoms with Gasteiger partial charge in [-0.3, -0.25) is 4.90 Å². The van der Waals surface area contributed by atoms with Crippen molar-refractivity contribution >= 4 is 0 Å². The van der Waals surface area contributed by atoms with Crippen molar-refractivity contribution < 1.29 is 4.42 Å². The molecule has 0 spiro atoms. The van der Waals surface area contributed by atoms with Crippen LogP contribution < -0.4 is 5.32 Å². The van der Waals surface area contributed by atoms with Gasteiger partial charge in [-0.25, -0.2) is 0 Å². The van der Waals surface area contributed by atoms with E-state index in [4.69, 9.17) is 4.42 Å². The lowest BCUT2D eigenvalue weighted by Crippen LogP contribution is -2.37. The summed E-state index contributed by atoms with van der Waals surface area (Å²) in [7, 11) is 2.22. The number of nitrogens with one attached hydrogen (secondary N) is 1. The Kier molecular flexibility index (Phi) is 5.85. The van der Waals surface area contributed by atoms with E-state index in [1.165, 1.54) is 25.1 Å². The van der Waals surface area contributed by atoms with E-state index in [1.807, 2.05) is 0 Å². The first-order valence-electron chi connectivity index (χ1n) is 8.20. The van der Waals surface area contributed by atoms with Crippen molar-refractivity contribution in [2.24, 2.45) is 0 Å². The first kappa shape index (κ1) is 16.5. The lowest BCUT2D eigenvalue weighted by atomic mass is 10.2. The molecule has 0 bridgehead atoms. The van der Waals surface area contributed by atoms with Crippen LogP contribution >= 0.6 is 0 Å². The standard InChI is InChI=1S/C17H31N3O/c1-13(2)18-10-17-9-16(15(4)21-17)12-20-8-6-7-19(5)11-14(20)3/h9,13-14,18H,6-8,10-12H2,1-5H3. The molecule has 1 N–H and O–H groups in total. The minimum absolute atomic E-state index is 0.486. The molecular weight excluding hydrogens is 262 g/mol. The van der Waals surface area contributed by atoms with Gasteiger partial charge in [0.25, 0.3) is 0 Å². The van der Waals surface area contributed by atoms with Gasteiger partial charge in [0, 0.05) is 37.3 Å². The molecule has 120 valence electrons. The van der Waals surface area contributed by atoms with Crippen LogP contribution in [0.1, 0.15) is 44.3 Å². The van der Waals surface area contributed by atoms with Crippen LogP contribution in [-0.2, 0) is 13.1 Å². The quantitative estimate of drug-likeness (QED) is 0.904. The predicted octanol–water partition coefficient (Wildman–Crippen LogP) is 2.61. The van der Waals surface area contributed by atoms with Gasteiger partial charge < -0.3 is 14.6 Å². The fourth-order valence-corrected chi connectivity index (χ4v) is 3.01. The summed E-state index contributed by atoms with van der Waals surface area (Å²) in [4.78, 5) is 5.02. The van der Waals surface area contributed by atoms with Crippen LogP contribution in [0.2, 0.25) is 0 Å². The minimum atomic E-state index is 0.486. The highest BCUT2D eigenvalue weighted by Crippen LogP contribution is 2.19. The molecule has 1 aromatic heterocycles. The first-order valence-corrected chi connectivity index (χ1v) is 8.20. The van der Waals surface area contributed by atoms with E-state index >= 15 is 0 Å². The number of aryl methyl sites for hydroxylation is 1. The van der Waals surface area contributed by atoms with Gasteiger partial charge in [0.05, 0.1) is 6.54 Å². The number of nitrogens with zero attached hydrogens (tertiary/aromatic N) is 2. The number of rotatable bonds is 5. The summed E-state index contributed by atoms with van der Waals surface area (Å²) in [6.45, 7) is 14.1. The zero-order valence-electron chi connectivity index (χ0n) is 14.3. The molecular formula is C17H31N3O. The molecule has 0 radical (unpaired) electrons. The zero-order chi connectivity index (χ0) is 15.4. The summed E-state index contributed by atoms with van der Waals surface area (Å²) in [5.41, 5.74) is 1.34. The highest BCUT2D eigenvalue weighted by atomic mass is 16.3. The minimum Gasteiger partial charge on any atom is -0.465 e. The third-order valence-corrected chi connectivity index (χ3v) is 4.31. The van der Waals surface area contributed by atoms with Crippen LogP contribution in [-0.4, -0.2) is 48.6 Å². The van der Waals surface area contributed by atoms with E-state index in [-0.39, 0.29) is 0 Å². The number of hydrogen-bond acceptors (Lipinski definition) is 4. The highest BCUT2D eigenvalue weighted by molar-refractivity contribution is 5.21. The van der Waals surface area contributed by atoms with E-state index in [0.29, 0.717) is 12.1 Å². The predicted molar refractivity (Wildman–Crippen MR) is 87.4 cm³/mol. The molecule has 1 aliphatic heterocycles. The van der Waals surface area contributed by atoms with Gasteiger partial charge in [-0.2, -0.15) is 0 Å². The molecule has 4 nitrogen and oxygen atoms in total. The van der Waals surface area contributed by atoms with Crippen LogP contribution in [0.25, 0.3) is 0 Å². The normalized spacial score (nSPS) is 21.9. The molecule has 1 aliphatic rings. The second kappa shape index (κ2) is 7.43. The van der Waals surface area contributed by atoms with Gasteiger partial charge in [-0.1, -0.05) is 13.8 Å². The Balaban J connectivity index is 1.98. The topological polar surface area (TPSA) is 31.7 Å². The van der Waals surface area contributed by atoms with Crippen LogP contribution in [0.5, 0.6) is 0 Å². The van der Waals surface area contributed by atoms with Crippen LogP contribution in [0.15, 0.2) is 10.5 Å². The van der Waals surface area contributed by atoms with E-state index in [0.717, 1.165) is 31.2 Å². The molecule has 1 atom stereocenters. The molecule has 2 rings (SSSR count). The van der Waals surface area contributed by atoms with E-state index < -0.39 is 0 Å². The molecule has 0 saturated carbocycles. The third-order valence-electron chi connectivity index (χ3n) is 4.31. The van der Waals surface area contributed by atoms with E-state index in [9.17, 15) is 0 Å². The monoisotopic (exact) mass is 293 g/mol. The van der Waals surface area contributed by atoms with Crippen molar-refractivity contribution in [3.05, 3.63) is 23.2 Å². The van der Waals surface area contributed by atoms with E-state index in [2.05, 4.69) is 55.9 Å². The molecule has 1 saturated heterocycles. The molecule has 0 aromatic carbocycles. The van der Waals surface area contributed by atoms with Crippen LogP contribution in [0, 0.1) is 6.92 Å². The number of likely N-dealkylation sites (N-methyl/N-ethyl adjacent to an activating group) is 1. The molecule has 2 heterocycles. The summed E-state index contributed by atoms with van der Waals surface area (Å²) < 4.78 is 5.89. The molecule has 1 unspecified atom stereocenters. The molecule has 21 heavy (non-hydrogen) atoms. The Morgan fingerprint density at radius 1 is 1.38 bits per heavy atom. The summed E-state index contributed by atoms with van der Waals surface area (Å²) in [6, 6.07) is 3.32. The van der Waals surface area contributed by atoms with Gasteiger partial charge in [-0.05, 0) is 39.9 Å². The maximum absolute atomic E-state index is 5.89. The van der Waals surface area contributed by atoms with Crippen molar-refractivity contribution in [2.75, 3.05) is 26.7 Å². The summed E-state index contributed by atoms with van der Waals surface area (Å²) in [5, 5.41) is 3.42. The van der Waals surface area contributed by atoms with Gasteiger partial charge in [0.2, 0.25) is 0 Å². The fourth-order valence-electron chi connectivity index (χ4n) is 3.01. The average molecular weight is 293 g/mol. The van der Waals surface area contributed by atoms with Crippen LogP contribution in [0.3, 0.4) is 0 Å². The van der Waals surface area contributed by atoms with Crippen molar-refractivity contribution in [2.45, 2.75) is 59.3 Å². The molecule has 0 aliphatic carbocycles. The summed E-state index contributed by atoms with van der Waals surface area (Å²) in [5.74, 6) is 2.12. The Morgan fingerprint density at radius 2 is 2.14 bits per heavy atom. The maximum atomic E-state index is 5.89. The first-order chi connectivity index (χ1) is 9.95.